The molecule has 0 aliphatic carbocycles. The number of nitrogens with one attached hydrogen (secondary N) is 1. The summed E-state index contributed by atoms with van der Waals surface area (Å²) in [6.45, 7) is 3.70. The lowest BCUT2D eigenvalue weighted by Gasteiger charge is -2.45. The van der Waals surface area contributed by atoms with Crippen molar-refractivity contribution in [1.29, 1.82) is 0 Å². The summed E-state index contributed by atoms with van der Waals surface area (Å²) in [5.41, 5.74) is 0. The summed E-state index contributed by atoms with van der Waals surface area (Å²) in [6, 6.07) is -0.752. The van der Waals surface area contributed by atoms with Gasteiger partial charge in [-0.05, 0) is 32.1 Å². The molecule has 3 aliphatic rings. The second-order valence-corrected chi connectivity index (χ2v) is 9.53. The fourth-order valence-electron chi connectivity index (χ4n) is 4.72. The number of nitrogens with zero attached hydrogens (tertiary/aromatic N) is 6. The lowest BCUT2D eigenvalue weighted by Crippen LogP contribution is -2.63. The van der Waals surface area contributed by atoms with Gasteiger partial charge in [-0.2, -0.15) is 0 Å². The molecule has 0 aromatic carbocycles. The van der Waals surface area contributed by atoms with Crippen molar-refractivity contribution in [1.82, 2.24) is 30.0 Å². The molecule has 12 heteroatoms. The van der Waals surface area contributed by atoms with Gasteiger partial charge in [0.25, 0.3) is 0 Å². The molecule has 1 aromatic heterocycles. The second-order valence-electron chi connectivity index (χ2n) is 9.53. The van der Waals surface area contributed by atoms with Crippen LogP contribution in [0.2, 0.25) is 0 Å². The SMILES string of the molecule is CN(C)C(=O)C(=O)NC1CCCN(C(=O)N2CCC2)C1COC1CCN(c2ncc(F)cn2)CC1. The van der Waals surface area contributed by atoms with Crippen molar-refractivity contribution in [3.63, 3.8) is 0 Å². The Balaban J connectivity index is 1.37. The average molecular weight is 492 g/mol. The van der Waals surface area contributed by atoms with E-state index in [4.69, 9.17) is 4.74 Å². The minimum absolute atomic E-state index is 0.0191. The zero-order valence-electron chi connectivity index (χ0n) is 20.4. The zero-order valence-corrected chi connectivity index (χ0v) is 20.4. The number of likely N-dealkylation sites (N-methyl/N-ethyl adjacent to an activating group) is 1. The molecule has 3 aliphatic heterocycles. The van der Waals surface area contributed by atoms with Gasteiger partial charge < -0.3 is 29.7 Å². The molecule has 0 saturated carbocycles. The molecule has 11 nitrogen and oxygen atoms in total. The molecule has 1 aromatic rings. The summed E-state index contributed by atoms with van der Waals surface area (Å²) in [5.74, 6) is -1.26. The van der Waals surface area contributed by atoms with Crippen LogP contribution in [-0.4, -0.2) is 114 Å². The third kappa shape index (κ3) is 5.98. The summed E-state index contributed by atoms with van der Waals surface area (Å²) in [4.78, 5) is 52.7. The largest absolute Gasteiger partial charge is 0.376 e. The molecule has 35 heavy (non-hydrogen) atoms. The number of likely N-dealkylation sites (tertiary alicyclic amines) is 2. The van der Waals surface area contributed by atoms with Gasteiger partial charge in [0.15, 0.2) is 5.82 Å². The van der Waals surface area contributed by atoms with Crippen LogP contribution < -0.4 is 10.2 Å². The summed E-state index contributed by atoms with van der Waals surface area (Å²) < 4.78 is 19.4. The van der Waals surface area contributed by atoms with Crippen LogP contribution in [-0.2, 0) is 14.3 Å². The predicted molar refractivity (Wildman–Crippen MR) is 125 cm³/mol. The Kier molecular flexibility index (Phi) is 7.99. The summed E-state index contributed by atoms with van der Waals surface area (Å²) in [7, 11) is 3.07. The second kappa shape index (κ2) is 11.1. The fraction of sp³-hybridized carbons (Fsp3) is 0.696. The first-order valence-electron chi connectivity index (χ1n) is 12.2. The van der Waals surface area contributed by atoms with Crippen molar-refractivity contribution < 1.29 is 23.5 Å². The topological polar surface area (TPSA) is 111 Å². The number of carbonyl (C=O) groups excluding carboxylic acids is 3. The van der Waals surface area contributed by atoms with E-state index in [0.717, 1.165) is 51.2 Å². The van der Waals surface area contributed by atoms with Crippen molar-refractivity contribution in [3.8, 4) is 0 Å². The Hall–Kier alpha value is -3.02. The highest BCUT2D eigenvalue weighted by molar-refractivity contribution is 6.34. The van der Waals surface area contributed by atoms with E-state index in [9.17, 15) is 18.8 Å². The molecule has 4 heterocycles. The zero-order chi connectivity index (χ0) is 24.9. The standard InChI is InChI=1S/C23H34FN7O4/c1-28(2)21(33)20(32)27-18-5-3-10-31(23(34)30-8-4-9-30)19(18)15-35-17-6-11-29(12-7-17)22-25-13-16(24)14-26-22/h13-14,17-19H,3-12,15H2,1-2H3,(H,27,32). The third-order valence-corrected chi connectivity index (χ3v) is 6.90. The highest BCUT2D eigenvalue weighted by Crippen LogP contribution is 2.24. The van der Waals surface area contributed by atoms with E-state index in [0.29, 0.717) is 32.0 Å². The summed E-state index contributed by atoms with van der Waals surface area (Å²) >= 11 is 0. The molecular weight excluding hydrogens is 457 g/mol. The Morgan fingerprint density at radius 1 is 1.06 bits per heavy atom. The normalized spacial score (nSPS) is 23.0. The van der Waals surface area contributed by atoms with Gasteiger partial charge in [0.1, 0.15) is 0 Å². The number of amides is 4. The van der Waals surface area contributed by atoms with Gasteiger partial charge in [-0.1, -0.05) is 0 Å². The van der Waals surface area contributed by atoms with Crippen LogP contribution in [0.25, 0.3) is 0 Å². The predicted octanol–water partition coefficient (Wildman–Crippen LogP) is 0.464. The minimum atomic E-state index is -0.671. The van der Waals surface area contributed by atoms with E-state index in [2.05, 4.69) is 15.3 Å². The van der Waals surface area contributed by atoms with E-state index < -0.39 is 17.6 Å². The van der Waals surface area contributed by atoms with Crippen LogP contribution in [0, 0.1) is 5.82 Å². The third-order valence-electron chi connectivity index (χ3n) is 6.90. The Morgan fingerprint density at radius 2 is 1.74 bits per heavy atom. The first-order chi connectivity index (χ1) is 16.8. The molecule has 3 saturated heterocycles. The van der Waals surface area contributed by atoms with Gasteiger partial charge in [0, 0.05) is 46.8 Å². The first kappa shape index (κ1) is 25.1. The van der Waals surface area contributed by atoms with Crippen LogP contribution in [0.1, 0.15) is 32.1 Å². The van der Waals surface area contributed by atoms with E-state index in [1.54, 1.807) is 4.90 Å². The maximum absolute atomic E-state index is 13.1. The number of piperidine rings is 2. The number of anilines is 1. The lowest BCUT2D eigenvalue weighted by molar-refractivity contribution is -0.145. The summed E-state index contributed by atoms with van der Waals surface area (Å²) in [6.07, 6.45) is 6.19. The molecule has 0 bridgehead atoms. The van der Waals surface area contributed by atoms with Crippen LogP contribution in [0.4, 0.5) is 15.1 Å². The number of halogens is 1. The van der Waals surface area contributed by atoms with Gasteiger partial charge in [0.05, 0.1) is 37.2 Å². The quantitative estimate of drug-likeness (QED) is 0.596. The molecule has 0 spiro atoms. The van der Waals surface area contributed by atoms with Crippen molar-refractivity contribution in [2.45, 2.75) is 50.3 Å². The van der Waals surface area contributed by atoms with Gasteiger partial charge in [-0.15, -0.1) is 0 Å². The van der Waals surface area contributed by atoms with Gasteiger partial charge in [-0.3, -0.25) is 9.59 Å². The molecule has 2 atom stereocenters. The highest BCUT2D eigenvalue weighted by Gasteiger charge is 2.39. The molecule has 3 fully saturated rings. The number of aromatic nitrogens is 2. The number of carbonyl (C=O) groups is 3. The van der Waals surface area contributed by atoms with Crippen LogP contribution in [0.3, 0.4) is 0 Å². The molecule has 192 valence electrons. The van der Waals surface area contributed by atoms with Crippen LogP contribution in [0.5, 0.6) is 0 Å². The highest BCUT2D eigenvalue weighted by atomic mass is 19.1. The number of urea groups is 1. The fourth-order valence-corrected chi connectivity index (χ4v) is 4.72. The molecule has 0 radical (unpaired) electrons. The maximum Gasteiger partial charge on any atom is 0.320 e. The van der Waals surface area contributed by atoms with E-state index in [1.807, 2.05) is 9.80 Å². The molecular formula is C23H34FN7O4. The van der Waals surface area contributed by atoms with Gasteiger partial charge in [-0.25, -0.2) is 19.2 Å². The first-order valence-corrected chi connectivity index (χ1v) is 12.2. The molecule has 1 N–H and O–H groups in total. The number of hydrogen-bond donors (Lipinski definition) is 1. The lowest BCUT2D eigenvalue weighted by atomic mass is 9.96. The number of hydrogen-bond acceptors (Lipinski definition) is 7. The monoisotopic (exact) mass is 491 g/mol. The number of ether oxygens (including phenoxy) is 1. The van der Waals surface area contributed by atoms with E-state index in [1.165, 1.54) is 19.0 Å². The molecule has 4 amide bonds. The van der Waals surface area contributed by atoms with Crippen molar-refractivity contribution in [3.05, 3.63) is 18.2 Å². The Bertz CT molecular complexity index is 904. The van der Waals surface area contributed by atoms with Crippen molar-refractivity contribution >= 4 is 23.8 Å². The van der Waals surface area contributed by atoms with E-state index in [-0.39, 0.29) is 30.8 Å². The van der Waals surface area contributed by atoms with Crippen molar-refractivity contribution in [2.75, 3.05) is 58.3 Å². The van der Waals surface area contributed by atoms with Crippen LogP contribution in [0.15, 0.2) is 12.4 Å². The maximum atomic E-state index is 13.1. The summed E-state index contributed by atoms with van der Waals surface area (Å²) in [5, 5.41) is 2.85. The van der Waals surface area contributed by atoms with Gasteiger partial charge in [0.2, 0.25) is 5.95 Å². The van der Waals surface area contributed by atoms with E-state index >= 15 is 0 Å². The minimum Gasteiger partial charge on any atom is -0.376 e. The Labute approximate surface area is 204 Å². The average Bonchev–Trinajstić information content (AvgIpc) is 2.82. The molecule has 4 rings (SSSR count). The Morgan fingerprint density at radius 3 is 2.34 bits per heavy atom. The number of rotatable bonds is 5. The van der Waals surface area contributed by atoms with Crippen LogP contribution >= 0.6 is 0 Å². The van der Waals surface area contributed by atoms with Gasteiger partial charge >= 0.3 is 17.8 Å². The van der Waals surface area contributed by atoms with Crippen molar-refractivity contribution in [2.24, 2.45) is 0 Å². The molecule has 2 unspecified atom stereocenters. The smallest absolute Gasteiger partial charge is 0.320 e.